The average molecular weight is 438 g/mol. The fourth-order valence-corrected chi connectivity index (χ4v) is 3.84. The zero-order valence-corrected chi connectivity index (χ0v) is 17.8. The molecule has 0 heterocycles. The zero-order valence-electron chi connectivity index (χ0n) is 17.1. The van der Waals surface area contributed by atoms with Crippen LogP contribution in [0.3, 0.4) is 0 Å². The second-order valence-electron chi connectivity index (χ2n) is 7.42. The van der Waals surface area contributed by atoms with Crippen molar-refractivity contribution in [2.75, 3.05) is 0 Å². The van der Waals surface area contributed by atoms with Crippen LogP contribution in [0.4, 0.5) is 0 Å². The summed E-state index contributed by atoms with van der Waals surface area (Å²) in [6, 6.07) is 23.1. The number of amides is 1. The number of carboxylic acids is 1. The van der Waals surface area contributed by atoms with Crippen LogP contribution in [0, 0.1) is 11.8 Å². The van der Waals surface area contributed by atoms with E-state index in [1.54, 1.807) is 36.4 Å². The van der Waals surface area contributed by atoms with Crippen molar-refractivity contribution in [2.24, 2.45) is 11.8 Å². The Balaban J connectivity index is 1.86. The SMILES string of the molecule is CC(Cc1ccc(Cl)cc1)C(C(=O)O)C(NC=O)c1cccc(Oc2ccccc2)c1. The third-order valence-corrected chi connectivity index (χ3v) is 5.42. The Labute approximate surface area is 186 Å². The van der Waals surface area contributed by atoms with Gasteiger partial charge in [-0.05, 0) is 59.9 Å². The lowest BCUT2D eigenvalue weighted by Gasteiger charge is -2.29. The molecule has 3 aromatic carbocycles. The third-order valence-electron chi connectivity index (χ3n) is 5.17. The van der Waals surface area contributed by atoms with Gasteiger partial charge in [-0.15, -0.1) is 0 Å². The maximum absolute atomic E-state index is 12.2. The fraction of sp³-hybridized carbons (Fsp3) is 0.200. The maximum Gasteiger partial charge on any atom is 0.309 e. The molecule has 5 nitrogen and oxygen atoms in total. The van der Waals surface area contributed by atoms with Crippen molar-refractivity contribution < 1.29 is 19.4 Å². The highest BCUT2D eigenvalue weighted by molar-refractivity contribution is 6.30. The lowest BCUT2D eigenvalue weighted by atomic mass is 9.80. The van der Waals surface area contributed by atoms with Gasteiger partial charge in [-0.1, -0.05) is 61.0 Å². The molecule has 1 amide bonds. The Morgan fingerprint density at radius 2 is 1.71 bits per heavy atom. The van der Waals surface area contributed by atoms with Crippen LogP contribution < -0.4 is 10.1 Å². The summed E-state index contributed by atoms with van der Waals surface area (Å²) in [4.78, 5) is 23.6. The van der Waals surface area contributed by atoms with E-state index in [2.05, 4.69) is 5.32 Å². The number of rotatable bonds is 10. The molecule has 3 rings (SSSR count). The summed E-state index contributed by atoms with van der Waals surface area (Å²) >= 11 is 5.95. The van der Waals surface area contributed by atoms with E-state index in [1.807, 2.05) is 49.4 Å². The van der Waals surface area contributed by atoms with E-state index in [0.29, 0.717) is 34.9 Å². The van der Waals surface area contributed by atoms with Gasteiger partial charge in [0.05, 0.1) is 12.0 Å². The van der Waals surface area contributed by atoms with Crippen molar-refractivity contribution in [3.05, 3.63) is 95.0 Å². The molecular formula is C25H24ClNO4. The monoisotopic (exact) mass is 437 g/mol. The molecule has 0 radical (unpaired) electrons. The molecule has 0 aliphatic carbocycles. The number of carbonyl (C=O) groups excluding carboxylic acids is 1. The number of carbonyl (C=O) groups is 2. The van der Waals surface area contributed by atoms with E-state index in [-0.39, 0.29) is 5.92 Å². The molecule has 160 valence electrons. The summed E-state index contributed by atoms with van der Waals surface area (Å²) in [7, 11) is 0. The summed E-state index contributed by atoms with van der Waals surface area (Å²) in [5.74, 6) is -0.834. The van der Waals surface area contributed by atoms with Crippen molar-refractivity contribution in [1.29, 1.82) is 0 Å². The Morgan fingerprint density at radius 1 is 1.03 bits per heavy atom. The second kappa shape index (κ2) is 10.6. The standard InChI is InChI=1S/C25H24ClNO4/c1-17(14-18-10-12-20(26)13-11-18)23(25(29)30)24(27-16-28)19-6-5-9-22(15-19)31-21-7-3-2-4-8-21/h2-13,15-17,23-24H,14H2,1H3,(H,27,28)(H,29,30). The Bertz CT molecular complexity index is 1010. The lowest BCUT2D eigenvalue weighted by Crippen LogP contribution is -2.37. The first-order chi connectivity index (χ1) is 15.0. The molecule has 6 heteroatoms. The average Bonchev–Trinajstić information content (AvgIpc) is 2.76. The number of hydrogen-bond acceptors (Lipinski definition) is 3. The lowest BCUT2D eigenvalue weighted by molar-refractivity contribution is -0.145. The van der Waals surface area contributed by atoms with Crippen LogP contribution in [0.1, 0.15) is 24.1 Å². The number of hydrogen-bond donors (Lipinski definition) is 2. The minimum Gasteiger partial charge on any atom is -0.481 e. The first-order valence-electron chi connectivity index (χ1n) is 9.97. The number of nitrogens with one attached hydrogen (secondary N) is 1. The molecule has 0 bridgehead atoms. The number of benzene rings is 3. The Morgan fingerprint density at radius 3 is 2.35 bits per heavy atom. The van der Waals surface area contributed by atoms with Crippen LogP contribution in [0.25, 0.3) is 0 Å². The van der Waals surface area contributed by atoms with Gasteiger partial charge in [0.1, 0.15) is 11.5 Å². The van der Waals surface area contributed by atoms with E-state index in [1.165, 1.54) is 0 Å². The zero-order chi connectivity index (χ0) is 22.2. The molecule has 3 unspecified atom stereocenters. The van der Waals surface area contributed by atoms with Crippen molar-refractivity contribution in [1.82, 2.24) is 5.32 Å². The van der Waals surface area contributed by atoms with Crippen LogP contribution in [0.2, 0.25) is 5.02 Å². The van der Waals surface area contributed by atoms with Crippen LogP contribution in [0.15, 0.2) is 78.9 Å². The van der Waals surface area contributed by atoms with E-state index in [0.717, 1.165) is 5.56 Å². The number of para-hydroxylation sites is 1. The Kier molecular flexibility index (Phi) is 7.68. The summed E-state index contributed by atoms with van der Waals surface area (Å²) in [6.45, 7) is 1.87. The molecule has 0 aliphatic heterocycles. The quantitative estimate of drug-likeness (QED) is 0.411. The highest BCUT2D eigenvalue weighted by Crippen LogP contribution is 2.33. The van der Waals surface area contributed by atoms with Crippen molar-refractivity contribution >= 4 is 24.0 Å². The summed E-state index contributed by atoms with van der Waals surface area (Å²) < 4.78 is 5.88. The minimum atomic E-state index is -0.977. The second-order valence-corrected chi connectivity index (χ2v) is 7.86. The summed E-state index contributed by atoms with van der Waals surface area (Å²) in [5.41, 5.74) is 1.64. The van der Waals surface area contributed by atoms with Crippen LogP contribution in [-0.4, -0.2) is 17.5 Å². The smallest absolute Gasteiger partial charge is 0.309 e. The van der Waals surface area contributed by atoms with Gasteiger partial charge in [0.25, 0.3) is 0 Å². The molecule has 3 atom stereocenters. The molecule has 0 spiro atoms. The van der Waals surface area contributed by atoms with E-state index in [9.17, 15) is 14.7 Å². The van der Waals surface area contributed by atoms with Gasteiger partial charge >= 0.3 is 5.97 Å². The summed E-state index contributed by atoms with van der Waals surface area (Å²) in [5, 5.41) is 13.4. The molecule has 3 aromatic rings. The molecule has 31 heavy (non-hydrogen) atoms. The molecule has 0 saturated carbocycles. The van der Waals surface area contributed by atoms with Gasteiger partial charge in [-0.3, -0.25) is 9.59 Å². The first kappa shape index (κ1) is 22.4. The minimum absolute atomic E-state index is 0.255. The molecule has 0 fully saturated rings. The van der Waals surface area contributed by atoms with Crippen LogP contribution in [0.5, 0.6) is 11.5 Å². The third kappa shape index (κ3) is 6.09. The molecule has 0 saturated heterocycles. The van der Waals surface area contributed by atoms with Crippen molar-refractivity contribution in [3.8, 4) is 11.5 Å². The fourth-order valence-electron chi connectivity index (χ4n) is 3.71. The van der Waals surface area contributed by atoms with E-state index < -0.39 is 17.9 Å². The van der Waals surface area contributed by atoms with Gasteiger partial charge in [0.15, 0.2) is 0 Å². The van der Waals surface area contributed by atoms with Gasteiger partial charge in [-0.2, -0.15) is 0 Å². The van der Waals surface area contributed by atoms with Crippen molar-refractivity contribution in [3.63, 3.8) is 0 Å². The van der Waals surface area contributed by atoms with Gasteiger partial charge in [-0.25, -0.2) is 0 Å². The van der Waals surface area contributed by atoms with Gasteiger partial charge in [0, 0.05) is 5.02 Å². The summed E-state index contributed by atoms with van der Waals surface area (Å²) in [6.07, 6.45) is 1.08. The van der Waals surface area contributed by atoms with Crippen LogP contribution in [-0.2, 0) is 16.0 Å². The van der Waals surface area contributed by atoms with Gasteiger partial charge < -0.3 is 15.2 Å². The number of halogens is 1. The molecule has 0 aliphatic rings. The van der Waals surface area contributed by atoms with E-state index >= 15 is 0 Å². The highest BCUT2D eigenvalue weighted by Gasteiger charge is 2.34. The molecular weight excluding hydrogens is 414 g/mol. The van der Waals surface area contributed by atoms with E-state index in [4.69, 9.17) is 16.3 Å². The first-order valence-corrected chi connectivity index (χ1v) is 10.4. The number of ether oxygens (including phenoxy) is 1. The normalized spacial score (nSPS) is 13.6. The Hall–Kier alpha value is -3.31. The van der Waals surface area contributed by atoms with Crippen molar-refractivity contribution in [2.45, 2.75) is 19.4 Å². The van der Waals surface area contributed by atoms with Crippen LogP contribution >= 0.6 is 11.6 Å². The molecule has 0 aromatic heterocycles. The van der Waals surface area contributed by atoms with Gasteiger partial charge in [0.2, 0.25) is 6.41 Å². The topological polar surface area (TPSA) is 75.6 Å². The molecule has 2 N–H and O–H groups in total. The largest absolute Gasteiger partial charge is 0.481 e. The number of aliphatic carboxylic acids is 1. The number of carboxylic acid groups (broad SMARTS) is 1. The predicted octanol–water partition coefficient (Wildman–Crippen LogP) is 5.50. The maximum atomic E-state index is 12.2. The highest BCUT2D eigenvalue weighted by atomic mass is 35.5. The predicted molar refractivity (Wildman–Crippen MR) is 120 cm³/mol.